The lowest BCUT2D eigenvalue weighted by atomic mass is 10.2. The zero-order valence-electron chi connectivity index (χ0n) is 21.4. The fourth-order valence-corrected chi connectivity index (χ4v) is 4.64. The molecule has 1 aliphatic rings. The molecule has 10 heteroatoms. The van der Waals surface area contributed by atoms with Gasteiger partial charge in [-0.05, 0) is 67.8 Å². The van der Waals surface area contributed by atoms with Crippen LogP contribution in [0.2, 0.25) is 0 Å². The zero-order valence-corrected chi connectivity index (χ0v) is 21.4. The lowest BCUT2D eigenvalue weighted by Crippen LogP contribution is -2.48. The molecule has 39 heavy (non-hydrogen) atoms. The Hall–Kier alpha value is -4.73. The molecule has 0 bridgehead atoms. The summed E-state index contributed by atoms with van der Waals surface area (Å²) < 4.78 is 19.7. The second-order valence-corrected chi connectivity index (χ2v) is 9.47. The summed E-state index contributed by atoms with van der Waals surface area (Å²) in [6.45, 7) is 2.26. The van der Waals surface area contributed by atoms with Crippen LogP contribution in [0, 0.1) is 12.7 Å². The van der Waals surface area contributed by atoms with E-state index in [0.717, 1.165) is 22.2 Å². The number of amides is 3. The number of nitrogens with one attached hydrogen (secondary N) is 3. The first-order chi connectivity index (χ1) is 18.9. The van der Waals surface area contributed by atoms with Crippen LogP contribution in [0.25, 0.3) is 10.9 Å². The maximum absolute atomic E-state index is 14.1. The van der Waals surface area contributed by atoms with Crippen molar-refractivity contribution < 1.29 is 23.5 Å². The van der Waals surface area contributed by atoms with Crippen LogP contribution in [0.1, 0.15) is 34.5 Å². The van der Waals surface area contributed by atoms with Crippen LogP contribution in [0.5, 0.6) is 11.5 Å². The van der Waals surface area contributed by atoms with Crippen LogP contribution in [0.3, 0.4) is 0 Å². The molecule has 0 radical (unpaired) electrons. The Morgan fingerprint density at radius 1 is 1.13 bits per heavy atom. The summed E-state index contributed by atoms with van der Waals surface area (Å²) in [5, 5.41) is 6.47. The number of aryl methyl sites for hydroxylation is 1. The normalized spacial score (nSPS) is 14.8. The van der Waals surface area contributed by atoms with Crippen LogP contribution >= 0.6 is 0 Å². The van der Waals surface area contributed by atoms with Crippen molar-refractivity contribution in [2.45, 2.75) is 32.4 Å². The van der Waals surface area contributed by atoms with Gasteiger partial charge in [-0.3, -0.25) is 19.4 Å². The van der Waals surface area contributed by atoms with E-state index in [1.807, 2.05) is 12.1 Å². The van der Waals surface area contributed by atoms with Crippen LogP contribution in [-0.4, -0.2) is 51.7 Å². The third kappa shape index (κ3) is 6.06. The molecule has 4 aromatic rings. The highest BCUT2D eigenvalue weighted by Gasteiger charge is 2.34. The molecule has 0 saturated carbocycles. The topological polar surface area (TPSA) is 116 Å². The number of halogens is 1. The molecule has 9 nitrogen and oxygen atoms in total. The Balaban J connectivity index is 1.14. The van der Waals surface area contributed by atoms with E-state index in [1.54, 1.807) is 43.6 Å². The first-order valence-electron chi connectivity index (χ1n) is 12.7. The molecule has 0 aliphatic carbocycles. The van der Waals surface area contributed by atoms with Gasteiger partial charge in [0.1, 0.15) is 11.8 Å². The Morgan fingerprint density at radius 2 is 2.00 bits per heavy atom. The van der Waals surface area contributed by atoms with E-state index < -0.39 is 17.8 Å². The van der Waals surface area contributed by atoms with Gasteiger partial charge >= 0.3 is 0 Å². The highest BCUT2D eigenvalue weighted by molar-refractivity contribution is 5.97. The summed E-state index contributed by atoms with van der Waals surface area (Å²) in [6, 6.07) is 14.1. The van der Waals surface area contributed by atoms with E-state index in [4.69, 9.17) is 4.74 Å². The number of fused-ring (bicyclic) bond motifs is 1. The molecule has 0 unspecified atom stereocenters. The first-order valence-corrected chi connectivity index (χ1v) is 12.7. The van der Waals surface area contributed by atoms with E-state index in [0.29, 0.717) is 31.7 Å². The molecule has 200 valence electrons. The number of carbonyl (C=O) groups is 3. The number of H-pyrrole nitrogens is 1. The van der Waals surface area contributed by atoms with Crippen molar-refractivity contribution in [1.82, 2.24) is 25.5 Å². The maximum atomic E-state index is 14.1. The maximum Gasteiger partial charge on any atom is 0.251 e. The minimum Gasteiger partial charge on any atom is -0.454 e. The Kier molecular flexibility index (Phi) is 7.53. The van der Waals surface area contributed by atoms with Crippen LogP contribution in [0.4, 0.5) is 4.39 Å². The van der Waals surface area contributed by atoms with E-state index in [9.17, 15) is 18.8 Å². The fourth-order valence-electron chi connectivity index (χ4n) is 4.64. The van der Waals surface area contributed by atoms with Gasteiger partial charge < -0.3 is 25.3 Å². The van der Waals surface area contributed by atoms with Crippen LogP contribution in [-0.2, 0) is 16.1 Å². The lowest BCUT2D eigenvalue weighted by molar-refractivity contribution is -0.137. The number of rotatable bonds is 8. The smallest absolute Gasteiger partial charge is 0.251 e. The van der Waals surface area contributed by atoms with Crippen molar-refractivity contribution in [2.24, 2.45) is 0 Å². The number of ether oxygens (including phenoxy) is 1. The predicted molar refractivity (Wildman–Crippen MR) is 143 cm³/mol. The van der Waals surface area contributed by atoms with Crippen molar-refractivity contribution in [2.75, 3.05) is 13.1 Å². The molecule has 1 saturated heterocycles. The molecule has 0 spiro atoms. The van der Waals surface area contributed by atoms with Gasteiger partial charge in [-0.1, -0.05) is 12.1 Å². The highest BCUT2D eigenvalue weighted by atomic mass is 19.1. The predicted octanol–water partition coefficient (Wildman–Crippen LogP) is 3.84. The number of hydrogen-bond donors (Lipinski definition) is 3. The van der Waals surface area contributed by atoms with Crippen molar-refractivity contribution in [3.63, 3.8) is 0 Å². The van der Waals surface area contributed by atoms with Gasteiger partial charge in [0.15, 0.2) is 11.6 Å². The number of pyridine rings is 1. The van der Waals surface area contributed by atoms with Gasteiger partial charge in [0.25, 0.3) is 5.91 Å². The average molecular weight is 530 g/mol. The summed E-state index contributed by atoms with van der Waals surface area (Å²) in [6.07, 6.45) is 4.69. The molecule has 3 heterocycles. The Labute approximate surface area is 224 Å². The number of benzene rings is 2. The zero-order chi connectivity index (χ0) is 27.4. The molecule has 5 rings (SSSR count). The van der Waals surface area contributed by atoms with Crippen LogP contribution < -0.4 is 15.4 Å². The third-order valence-corrected chi connectivity index (χ3v) is 6.62. The SMILES string of the molecule is Cc1ccc(Oc2cccc(C(=O)NCC(=O)N3CCC[C@H]3C(=O)NCc3cc4cnccc4[nH]3)c2)c(F)c1. The molecule has 1 aliphatic heterocycles. The van der Waals surface area contributed by atoms with E-state index in [1.165, 1.54) is 23.1 Å². The number of aromatic nitrogens is 2. The molecule has 3 amide bonds. The number of hydrogen-bond acceptors (Lipinski definition) is 5. The third-order valence-electron chi connectivity index (χ3n) is 6.62. The first kappa shape index (κ1) is 25.9. The van der Waals surface area contributed by atoms with Gasteiger partial charge in [-0.25, -0.2) is 4.39 Å². The van der Waals surface area contributed by atoms with Gasteiger partial charge in [0.2, 0.25) is 11.8 Å². The summed E-state index contributed by atoms with van der Waals surface area (Å²) >= 11 is 0. The molecule has 2 aromatic heterocycles. The lowest BCUT2D eigenvalue weighted by Gasteiger charge is -2.24. The van der Waals surface area contributed by atoms with E-state index in [-0.39, 0.29) is 29.7 Å². The Bertz CT molecular complexity index is 1500. The van der Waals surface area contributed by atoms with Crippen molar-refractivity contribution in [1.29, 1.82) is 0 Å². The Morgan fingerprint density at radius 3 is 2.82 bits per heavy atom. The summed E-state index contributed by atoms with van der Waals surface area (Å²) in [7, 11) is 0. The van der Waals surface area contributed by atoms with Gasteiger partial charge in [0.05, 0.1) is 13.1 Å². The van der Waals surface area contributed by atoms with Crippen molar-refractivity contribution in [3.05, 3.63) is 89.6 Å². The number of likely N-dealkylation sites (tertiary alicyclic amines) is 1. The molecule has 3 N–H and O–H groups in total. The average Bonchev–Trinajstić information content (AvgIpc) is 3.59. The minimum absolute atomic E-state index is 0.0493. The number of aromatic amines is 1. The van der Waals surface area contributed by atoms with Crippen molar-refractivity contribution >= 4 is 28.6 Å². The second-order valence-electron chi connectivity index (χ2n) is 9.47. The molecular weight excluding hydrogens is 501 g/mol. The van der Waals surface area contributed by atoms with Crippen LogP contribution in [0.15, 0.2) is 67.0 Å². The standard InChI is InChI=1S/C29H28FN5O4/c1-18-7-8-26(23(30)12-18)39-22-5-2-4-19(14-22)28(37)33-17-27(36)35-11-3-6-25(35)29(38)32-16-21-13-20-15-31-10-9-24(20)34-21/h2,4-5,7-10,12-15,25,34H,3,6,11,16-17H2,1H3,(H,32,38)(H,33,37)/t25-/m0/s1. The molecular formula is C29H28FN5O4. The van der Waals surface area contributed by atoms with E-state index in [2.05, 4.69) is 20.6 Å². The molecule has 1 fully saturated rings. The minimum atomic E-state index is -0.596. The monoisotopic (exact) mass is 529 g/mol. The quantitative estimate of drug-likeness (QED) is 0.321. The number of nitrogens with zero attached hydrogens (tertiary/aromatic N) is 2. The van der Waals surface area contributed by atoms with Gasteiger partial charge in [-0.2, -0.15) is 0 Å². The van der Waals surface area contributed by atoms with Gasteiger partial charge in [-0.15, -0.1) is 0 Å². The largest absolute Gasteiger partial charge is 0.454 e. The van der Waals surface area contributed by atoms with Gasteiger partial charge in [0, 0.05) is 41.1 Å². The second kappa shape index (κ2) is 11.3. The summed E-state index contributed by atoms with van der Waals surface area (Å²) in [5.41, 5.74) is 2.80. The fraction of sp³-hybridized carbons (Fsp3) is 0.241. The van der Waals surface area contributed by atoms with Crippen molar-refractivity contribution in [3.8, 4) is 11.5 Å². The summed E-state index contributed by atoms with van der Waals surface area (Å²) in [5.74, 6) is -1.22. The molecule has 1 atom stereocenters. The number of carbonyl (C=O) groups excluding carboxylic acids is 3. The summed E-state index contributed by atoms with van der Waals surface area (Å²) in [4.78, 5) is 47.4. The van der Waals surface area contributed by atoms with E-state index >= 15 is 0 Å². The highest BCUT2D eigenvalue weighted by Crippen LogP contribution is 2.26. The molecule has 2 aromatic carbocycles.